The van der Waals surface area contributed by atoms with Gasteiger partial charge in [0, 0.05) is 23.6 Å². The lowest BCUT2D eigenvalue weighted by Crippen LogP contribution is -2.31. The number of rotatable bonds is 3. The smallest absolute Gasteiger partial charge is 0.335 e. The van der Waals surface area contributed by atoms with Crippen LogP contribution in [0.3, 0.4) is 0 Å². The van der Waals surface area contributed by atoms with Crippen LogP contribution in [0.25, 0.3) is 16.7 Å². The number of benzene rings is 2. The van der Waals surface area contributed by atoms with Crippen molar-refractivity contribution in [3.05, 3.63) is 86.3 Å². The Morgan fingerprint density at radius 2 is 1.75 bits per heavy atom. The maximum Gasteiger partial charge on any atom is 0.335 e. The third-order valence-corrected chi connectivity index (χ3v) is 4.25. The molecule has 2 aromatic heterocycles. The van der Waals surface area contributed by atoms with Crippen LogP contribution in [0.2, 0.25) is 5.02 Å². The van der Waals surface area contributed by atoms with Crippen LogP contribution in [0.5, 0.6) is 5.88 Å². The number of hydrogen-bond acceptors (Lipinski definition) is 6. The van der Waals surface area contributed by atoms with Gasteiger partial charge in [-0.05, 0) is 42.5 Å². The second-order valence-corrected chi connectivity index (χ2v) is 6.23. The van der Waals surface area contributed by atoms with E-state index in [0.29, 0.717) is 27.4 Å². The summed E-state index contributed by atoms with van der Waals surface area (Å²) in [5.74, 6) is -0.527. The van der Waals surface area contributed by atoms with E-state index in [1.54, 1.807) is 54.9 Å². The molecule has 0 saturated heterocycles. The quantitative estimate of drug-likeness (QED) is 0.519. The van der Waals surface area contributed by atoms with Crippen LogP contribution in [0.4, 0.5) is 5.69 Å². The van der Waals surface area contributed by atoms with Crippen molar-refractivity contribution in [2.75, 3.05) is 0 Å². The Bertz CT molecular complexity index is 1330. The van der Waals surface area contributed by atoms with Crippen molar-refractivity contribution < 1.29 is 5.11 Å². The number of nitrogens with one attached hydrogen (secondary N) is 1. The molecule has 0 amide bonds. The first-order chi connectivity index (χ1) is 13.5. The zero-order chi connectivity index (χ0) is 19.7. The Labute approximate surface area is 162 Å². The Morgan fingerprint density at radius 3 is 2.50 bits per heavy atom. The number of aliphatic imine (C=N–C) groups is 1. The zero-order valence-corrected chi connectivity index (χ0v) is 15.0. The minimum absolute atomic E-state index is 0.159. The van der Waals surface area contributed by atoms with Gasteiger partial charge in [0.25, 0.3) is 5.56 Å². The molecule has 8 nitrogen and oxygen atoms in total. The van der Waals surface area contributed by atoms with E-state index in [1.165, 1.54) is 6.21 Å². The van der Waals surface area contributed by atoms with Gasteiger partial charge >= 0.3 is 5.69 Å². The van der Waals surface area contributed by atoms with Crippen molar-refractivity contribution >= 4 is 34.5 Å². The number of hydrogen-bond donors (Lipinski definition) is 2. The lowest BCUT2D eigenvalue weighted by Gasteiger charge is -2.09. The first-order valence-corrected chi connectivity index (χ1v) is 8.50. The summed E-state index contributed by atoms with van der Waals surface area (Å²) < 4.78 is 0.963. The number of aromatic nitrogens is 4. The van der Waals surface area contributed by atoms with Gasteiger partial charge in [-0.15, -0.1) is 0 Å². The largest absolute Gasteiger partial charge is 0.493 e. The predicted molar refractivity (Wildman–Crippen MR) is 106 cm³/mol. The van der Waals surface area contributed by atoms with Gasteiger partial charge in [-0.25, -0.2) is 9.36 Å². The fourth-order valence-electron chi connectivity index (χ4n) is 2.66. The second kappa shape index (κ2) is 7.09. The summed E-state index contributed by atoms with van der Waals surface area (Å²) in [5, 5.41) is 11.0. The molecule has 138 valence electrons. The van der Waals surface area contributed by atoms with E-state index in [4.69, 9.17) is 11.6 Å². The molecule has 0 aliphatic carbocycles. The monoisotopic (exact) mass is 393 g/mol. The maximum atomic E-state index is 12.2. The number of nitrogens with zero attached hydrogens (tertiary/aromatic N) is 4. The van der Waals surface area contributed by atoms with Crippen molar-refractivity contribution in [2.45, 2.75) is 0 Å². The molecule has 4 aromatic rings. The Balaban J connectivity index is 1.79. The number of fused-ring (bicyclic) bond motifs is 1. The highest BCUT2D eigenvalue weighted by molar-refractivity contribution is 6.30. The van der Waals surface area contributed by atoms with Crippen LogP contribution < -0.4 is 11.2 Å². The van der Waals surface area contributed by atoms with E-state index < -0.39 is 17.1 Å². The number of aromatic amines is 1. The molecule has 28 heavy (non-hydrogen) atoms. The first kappa shape index (κ1) is 17.6. The third kappa shape index (κ3) is 3.28. The minimum atomic E-state index is -0.775. The average Bonchev–Trinajstić information content (AvgIpc) is 2.69. The molecule has 4 rings (SSSR count). The van der Waals surface area contributed by atoms with Crippen LogP contribution in [0.1, 0.15) is 5.56 Å². The molecule has 0 aliphatic heterocycles. The number of H-pyrrole nitrogens is 1. The van der Waals surface area contributed by atoms with E-state index in [-0.39, 0.29) is 5.56 Å². The third-order valence-electron chi connectivity index (χ3n) is 4.00. The van der Waals surface area contributed by atoms with Gasteiger partial charge in [0.1, 0.15) is 5.56 Å². The zero-order valence-electron chi connectivity index (χ0n) is 14.2. The predicted octanol–water partition coefficient (Wildman–Crippen LogP) is 2.58. The fraction of sp³-hybridized carbons (Fsp3) is 0. The summed E-state index contributed by atoms with van der Waals surface area (Å²) in [4.78, 5) is 39.1. The maximum absolute atomic E-state index is 12.2. The SMILES string of the molecule is O=c1[nH]c(=O)n(-c2ccc(Cl)cc2)c(O)c1C=Nc1ccc2nccnc2c1. The molecule has 0 aliphatic rings. The number of aromatic hydroxyl groups is 1. The van der Waals surface area contributed by atoms with Crippen LogP contribution in [-0.2, 0) is 0 Å². The molecule has 2 N–H and O–H groups in total. The molecule has 0 spiro atoms. The molecule has 0 fully saturated rings. The lowest BCUT2D eigenvalue weighted by molar-refractivity contribution is 0.430. The van der Waals surface area contributed by atoms with Gasteiger partial charge in [-0.3, -0.25) is 24.7 Å². The van der Waals surface area contributed by atoms with Crippen molar-refractivity contribution in [1.82, 2.24) is 19.5 Å². The van der Waals surface area contributed by atoms with Crippen LogP contribution in [-0.4, -0.2) is 30.8 Å². The average molecular weight is 394 g/mol. The highest BCUT2D eigenvalue weighted by atomic mass is 35.5. The fourth-order valence-corrected chi connectivity index (χ4v) is 2.78. The molecule has 2 aromatic carbocycles. The molecule has 0 atom stereocenters. The molecule has 0 unspecified atom stereocenters. The molecule has 2 heterocycles. The van der Waals surface area contributed by atoms with Gasteiger partial charge in [0.15, 0.2) is 0 Å². The van der Waals surface area contributed by atoms with Crippen LogP contribution in [0.15, 0.2) is 69.4 Å². The molecule has 0 bridgehead atoms. The first-order valence-electron chi connectivity index (χ1n) is 8.12. The van der Waals surface area contributed by atoms with Gasteiger partial charge in [-0.2, -0.15) is 0 Å². The molecular weight excluding hydrogens is 382 g/mol. The minimum Gasteiger partial charge on any atom is -0.493 e. The van der Waals surface area contributed by atoms with E-state index in [1.807, 2.05) is 0 Å². The summed E-state index contributed by atoms with van der Waals surface area (Å²) in [5.41, 5.74) is 0.517. The lowest BCUT2D eigenvalue weighted by atomic mass is 10.2. The van der Waals surface area contributed by atoms with Gasteiger partial charge in [0.05, 0.1) is 22.4 Å². The van der Waals surface area contributed by atoms with Crippen molar-refractivity contribution in [2.24, 2.45) is 4.99 Å². The molecule has 0 radical (unpaired) electrons. The second-order valence-electron chi connectivity index (χ2n) is 5.80. The van der Waals surface area contributed by atoms with E-state index in [9.17, 15) is 14.7 Å². The summed E-state index contributed by atoms with van der Waals surface area (Å²) >= 11 is 5.86. The molecular formula is C19H12ClN5O3. The summed E-state index contributed by atoms with van der Waals surface area (Å²) in [6, 6.07) is 11.4. The summed E-state index contributed by atoms with van der Waals surface area (Å²) in [6.45, 7) is 0. The number of halogens is 1. The van der Waals surface area contributed by atoms with Gasteiger partial charge in [0.2, 0.25) is 5.88 Å². The van der Waals surface area contributed by atoms with E-state index in [2.05, 4.69) is 19.9 Å². The van der Waals surface area contributed by atoms with E-state index >= 15 is 0 Å². The molecule has 0 saturated carbocycles. The Kier molecular flexibility index (Phi) is 4.46. The van der Waals surface area contributed by atoms with Crippen LogP contribution in [0, 0.1) is 0 Å². The van der Waals surface area contributed by atoms with Crippen LogP contribution >= 0.6 is 11.6 Å². The van der Waals surface area contributed by atoms with Crippen molar-refractivity contribution in [1.29, 1.82) is 0 Å². The standard InChI is InChI=1S/C19H12ClN5O3/c20-11-1-4-13(5-2-11)25-18(27)14(17(26)24-19(25)28)10-23-12-3-6-15-16(9-12)22-8-7-21-15/h1-10,27H,(H,24,26,28). The molecule has 9 heteroatoms. The Hall–Kier alpha value is -3.78. The Morgan fingerprint density at radius 1 is 1.04 bits per heavy atom. The summed E-state index contributed by atoms with van der Waals surface area (Å²) in [7, 11) is 0. The van der Waals surface area contributed by atoms with Crippen molar-refractivity contribution in [3.63, 3.8) is 0 Å². The highest BCUT2D eigenvalue weighted by Crippen LogP contribution is 2.20. The topological polar surface area (TPSA) is 113 Å². The van der Waals surface area contributed by atoms with Gasteiger partial charge < -0.3 is 5.11 Å². The summed E-state index contributed by atoms with van der Waals surface area (Å²) in [6.07, 6.45) is 4.34. The van der Waals surface area contributed by atoms with Crippen molar-refractivity contribution in [3.8, 4) is 11.6 Å². The highest BCUT2D eigenvalue weighted by Gasteiger charge is 2.14. The van der Waals surface area contributed by atoms with Gasteiger partial charge in [-0.1, -0.05) is 11.6 Å². The van der Waals surface area contributed by atoms with E-state index in [0.717, 1.165) is 4.57 Å². The normalized spacial score (nSPS) is 11.3.